The zero-order chi connectivity index (χ0) is 12.6. The topological polar surface area (TPSA) is 90.3 Å². The van der Waals surface area contributed by atoms with Gasteiger partial charge >= 0.3 is 17.8 Å². The fraction of sp³-hybridized carbons (Fsp3) is 0.0909. The van der Waals surface area contributed by atoms with Crippen LogP contribution in [-0.4, -0.2) is 17.8 Å². The number of rotatable bonds is 1. The molecule has 6 nitrogen and oxygen atoms in total. The van der Waals surface area contributed by atoms with E-state index in [1.807, 2.05) is 11.4 Å². The van der Waals surface area contributed by atoms with Gasteiger partial charge in [-0.1, -0.05) is 12.1 Å². The van der Waals surface area contributed by atoms with E-state index in [2.05, 4.69) is 0 Å². The van der Waals surface area contributed by atoms with Crippen molar-refractivity contribution in [3.8, 4) is 6.07 Å². The maximum Gasteiger partial charge on any atom is 0.336 e. The Morgan fingerprint density at radius 3 is 2.53 bits per heavy atom. The van der Waals surface area contributed by atoms with E-state index in [4.69, 9.17) is 5.26 Å². The van der Waals surface area contributed by atoms with E-state index in [1.54, 1.807) is 19.1 Å². The number of imide groups is 2. The molecule has 0 spiro atoms. The van der Waals surface area contributed by atoms with E-state index < -0.39 is 17.8 Å². The molecule has 0 aliphatic carbocycles. The second-order valence-corrected chi connectivity index (χ2v) is 3.48. The predicted octanol–water partition coefficient (Wildman–Crippen LogP) is 0.449. The summed E-state index contributed by atoms with van der Waals surface area (Å²) in [6.07, 6.45) is 0. The van der Waals surface area contributed by atoms with E-state index in [1.165, 1.54) is 6.07 Å². The van der Waals surface area contributed by atoms with Crippen molar-refractivity contribution in [2.45, 2.75) is 6.92 Å². The molecule has 0 bridgehead atoms. The van der Waals surface area contributed by atoms with Crippen molar-refractivity contribution >= 4 is 23.5 Å². The molecule has 1 heterocycles. The molecule has 1 fully saturated rings. The second-order valence-electron chi connectivity index (χ2n) is 3.48. The number of nitriles is 1. The number of urea groups is 1. The highest BCUT2D eigenvalue weighted by Gasteiger charge is 2.39. The van der Waals surface area contributed by atoms with Crippen LogP contribution in [0.2, 0.25) is 0 Å². The second kappa shape index (κ2) is 3.72. The molecule has 6 heteroatoms. The molecule has 1 saturated heterocycles. The van der Waals surface area contributed by atoms with Gasteiger partial charge in [0.05, 0.1) is 11.3 Å². The van der Waals surface area contributed by atoms with Gasteiger partial charge in [-0.2, -0.15) is 5.26 Å². The van der Waals surface area contributed by atoms with E-state index in [9.17, 15) is 14.4 Å². The lowest BCUT2D eigenvalue weighted by Gasteiger charge is -2.13. The number of amides is 4. The maximum atomic E-state index is 11.5. The van der Waals surface area contributed by atoms with E-state index in [0.717, 1.165) is 0 Å². The first-order chi connectivity index (χ1) is 8.06. The molecule has 1 aliphatic rings. The molecule has 2 rings (SSSR count). The quantitative estimate of drug-likeness (QED) is 0.559. The van der Waals surface area contributed by atoms with Crippen LogP contribution in [0.15, 0.2) is 18.2 Å². The fourth-order valence-electron chi connectivity index (χ4n) is 1.60. The average Bonchev–Trinajstić information content (AvgIpc) is 2.53. The normalized spacial score (nSPS) is 14.8. The summed E-state index contributed by atoms with van der Waals surface area (Å²) in [5.74, 6) is -1.96. The molecule has 0 atom stereocenters. The number of nitrogens with one attached hydrogen (secondary N) is 1. The van der Waals surface area contributed by atoms with Gasteiger partial charge in [0.1, 0.15) is 6.07 Å². The minimum absolute atomic E-state index is 0.126. The first-order valence-corrected chi connectivity index (χ1v) is 4.75. The average molecular weight is 229 g/mol. The lowest BCUT2D eigenvalue weighted by atomic mass is 10.1. The number of benzene rings is 1. The highest BCUT2D eigenvalue weighted by molar-refractivity contribution is 6.53. The van der Waals surface area contributed by atoms with Crippen molar-refractivity contribution in [2.24, 2.45) is 0 Å². The highest BCUT2D eigenvalue weighted by atomic mass is 16.2. The third-order valence-corrected chi connectivity index (χ3v) is 2.42. The highest BCUT2D eigenvalue weighted by Crippen LogP contribution is 2.24. The zero-order valence-electron chi connectivity index (χ0n) is 8.85. The van der Waals surface area contributed by atoms with Crippen LogP contribution in [0.4, 0.5) is 10.5 Å². The first kappa shape index (κ1) is 10.8. The Morgan fingerprint density at radius 2 is 2.00 bits per heavy atom. The first-order valence-electron chi connectivity index (χ1n) is 4.75. The van der Waals surface area contributed by atoms with Crippen molar-refractivity contribution in [2.75, 3.05) is 4.90 Å². The standard InChI is InChI=1S/C11H7N3O3/c1-6-3-2-4-8(7(6)5-12)14-10(16)9(15)13-11(14)17/h2-4H,1H3,(H,13,15,17). The Hall–Kier alpha value is -2.68. The molecule has 0 unspecified atom stereocenters. The Kier molecular flexibility index (Phi) is 2.37. The molecule has 0 saturated carbocycles. The molecule has 84 valence electrons. The number of hydrogen-bond acceptors (Lipinski definition) is 4. The molecule has 0 radical (unpaired) electrons. The summed E-state index contributed by atoms with van der Waals surface area (Å²) in [7, 11) is 0. The molecule has 1 aliphatic heterocycles. The van der Waals surface area contributed by atoms with Gasteiger partial charge in [0, 0.05) is 0 Å². The van der Waals surface area contributed by atoms with Crippen LogP contribution in [0.25, 0.3) is 0 Å². The minimum atomic E-state index is -0.986. The van der Waals surface area contributed by atoms with E-state index in [-0.39, 0.29) is 11.3 Å². The summed E-state index contributed by atoms with van der Waals surface area (Å²) in [5.41, 5.74) is 0.955. The lowest BCUT2D eigenvalue weighted by molar-refractivity contribution is -0.134. The lowest BCUT2D eigenvalue weighted by Crippen LogP contribution is -2.31. The van der Waals surface area contributed by atoms with Crippen LogP contribution < -0.4 is 10.2 Å². The largest absolute Gasteiger partial charge is 0.336 e. The summed E-state index contributed by atoms with van der Waals surface area (Å²) < 4.78 is 0. The summed E-state index contributed by atoms with van der Waals surface area (Å²) in [4.78, 5) is 34.6. The molecule has 1 N–H and O–H groups in total. The third kappa shape index (κ3) is 1.54. The van der Waals surface area contributed by atoms with Gasteiger partial charge in [-0.15, -0.1) is 0 Å². The molecular weight excluding hydrogens is 222 g/mol. The number of carbonyl (C=O) groups excluding carboxylic acids is 3. The molecule has 1 aromatic carbocycles. The molecule has 1 aromatic rings. The van der Waals surface area contributed by atoms with Crippen molar-refractivity contribution < 1.29 is 14.4 Å². The third-order valence-electron chi connectivity index (χ3n) is 2.42. The zero-order valence-corrected chi connectivity index (χ0v) is 8.85. The van der Waals surface area contributed by atoms with Crippen molar-refractivity contribution in [1.82, 2.24) is 5.32 Å². The predicted molar refractivity (Wildman–Crippen MR) is 56.9 cm³/mol. The number of hydrogen-bond donors (Lipinski definition) is 1. The Morgan fingerprint density at radius 1 is 1.29 bits per heavy atom. The number of anilines is 1. The van der Waals surface area contributed by atoms with Crippen LogP contribution in [0, 0.1) is 18.3 Å². The van der Waals surface area contributed by atoms with Gasteiger partial charge < -0.3 is 0 Å². The van der Waals surface area contributed by atoms with E-state index in [0.29, 0.717) is 10.5 Å². The minimum Gasteiger partial charge on any atom is -0.269 e. The van der Waals surface area contributed by atoms with Crippen LogP contribution in [0.3, 0.4) is 0 Å². The Balaban J connectivity index is 2.60. The number of aryl methyl sites for hydroxylation is 1. The van der Waals surface area contributed by atoms with Crippen LogP contribution in [0.5, 0.6) is 0 Å². The summed E-state index contributed by atoms with van der Waals surface area (Å²) in [6, 6.07) is 5.82. The van der Waals surface area contributed by atoms with Gasteiger partial charge in [0.25, 0.3) is 0 Å². The summed E-state index contributed by atoms with van der Waals surface area (Å²) >= 11 is 0. The van der Waals surface area contributed by atoms with Gasteiger partial charge in [-0.25, -0.2) is 9.69 Å². The smallest absolute Gasteiger partial charge is 0.269 e. The van der Waals surface area contributed by atoms with Crippen molar-refractivity contribution in [3.05, 3.63) is 29.3 Å². The summed E-state index contributed by atoms with van der Waals surface area (Å²) in [5, 5.41) is 10.9. The van der Waals surface area contributed by atoms with Crippen LogP contribution in [0.1, 0.15) is 11.1 Å². The molecule has 0 aromatic heterocycles. The number of nitrogens with zero attached hydrogens (tertiary/aromatic N) is 2. The molecule has 17 heavy (non-hydrogen) atoms. The van der Waals surface area contributed by atoms with Crippen molar-refractivity contribution in [1.29, 1.82) is 5.26 Å². The van der Waals surface area contributed by atoms with E-state index >= 15 is 0 Å². The SMILES string of the molecule is Cc1cccc(N2C(=O)NC(=O)C2=O)c1C#N. The van der Waals surface area contributed by atoms with Crippen molar-refractivity contribution in [3.63, 3.8) is 0 Å². The van der Waals surface area contributed by atoms with Crippen LogP contribution in [-0.2, 0) is 9.59 Å². The molecular formula is C11H7N3O3. The summed E-state index contributed by atoms with van der Waals surface area (Å²) in [6.45, 7) is 1.68. The van der Waals surface area contributed by atoms with Gasteiger partial charge in [-0.05, 0) is 18.6 Å². The van der Waals surface area contributed by atoms with Gasteiger partial charge in [0.2, 0.25) is 0 Å². The Bertz CT molecular complexity index is 586. The molecule has 4 amide bonds. The van der Waals surface area contributed by atoms with Gasteiger partial charge in [0.15, 0.2) is 0 Å². The van der Waals surface area contributed by atoms with Gasteiger partial charge in [-0.3, -0.25) is 14.9 Å². The monoisotopic (exact) mass is 229 g/mol. The Labute approximate surface area is 96.4 Å². The fourth-order valence-corrected chi connectivity index (χ4v) is 1.60. The number of carbonyl (C=O) groups is 3. The maximum absolute atomic E-state index is 11.5. The van der Waals surface area contributed by atoms with Crippen LogP contribution >= 0.6 is 0 Å².